The van der Waals surface area contributed by atoms with E-state index in [1.807, 2.05) is 29.2 Å². The fourth-order valence-electron chi connectivity index (χ4n) is 4.31. The summed E-state index contributed by atoms with van der Waals surface area (Å²) in [6.07, 6.45) is 3.04. The summed E-state index contributed by atoms with van der Waals surface area (Å²) in [6, 6.07) is 14.8. The summed E-state index contributed by atoms with van der Waals surface area (Å²) in [7, 11) is 0. The zero-order valence-electron chi connectivity index (χ0n) is 16.4. The number of fused-ring (bicyclic) bond motifs is 2. The molecule has 2 aliphatic heterocycles. The Balaban J connectivity index is 1.31. The number of amides is 3. The molecule has 0 N–H and O–H groups in total. The van der Waals surface area contributed by atoms with Crippen molar-refractivity contribution in [1.82, 2.24) is 14.8 Å². The van der Waals surface area contributed by atoms with E-state index in [2.05, 4.69) is 0 Å². The Bertz CT molecular complexity index is 1090. The smallest absolute Gasteiger partial charge is 0.261 e. The highest BCUT2D eigenvalue weighted by Gasteiger charge is 2.36. The fourth-order valence-corrected chi connectivity index (χ4v) is 5.43. The second-order valence-corrected chi connectivity index (χ2v) is 8.74. The maximum atomic E-state index is 13.1. The molecule has 0 aliphatic carbocycles. The summed E-state index contributed by atoms with van der Waals surface area (Å²) in [5, 5.41) is 0.963. The molecule has 5 rings (SSSR count). The number of nitrogens with zero attached hydrogens (tertiary/aromatic N) is 3. The van der Waals surface area contributed by atoms with Crippen molar-refractivity contribution in [2.24, 2.45) is 0 Å². The van der Waals surface area contributed by atoms with Gasteiger partial charge in [0.1, 0.15) is 5.01 Å². The molecule has 0 bridgehead atoms. The maximum absolute atomic E-state index is 13.1. The molecule has 2 aliphatic rings. The molecule has 30 heavy (non-hydrogen) atoms. The minimum Gasteiger partial charge on any atom is -0.333 e. The molecule has 0 radical (unpaired) electrons. The number of piperidine rings is 1. The van der Waals surface area contributed by atoms with Crippen LogP contribution in [0, 0.1) is 0 Å². The van der Waals surface area contributed by atoms with Crippen LogP contribution in [0.2, 0.25) is 0 Å². The summed E-state index contributed by atoms with van der Waals surface area (Å²) >= 11 is 1.64. The number of likely N-dealkylation sites (tertiary alicyclic amines) is 1. The Hall–Kier alpha value is -3.06. The van der Waals surface area contributed by atoms with E-state index < -0.39 is 0 Å². The van der Waals surface area contributed by atoms with Crippen molar-refractivity contribution in [3.8, 4) is 0 Å². The van der Waals surface area contributed by atoms with Gasteiger partial charge in [-0.25, -0.2) is 4.98 Å². The Morgan fingerprint density at radius 2 is 1.70 bits per heavy atom. The van der Waals surface area contributed by atoms with E-state index in [1.165, 1.54) is 4.90 Å². The van der Waals surface area contributed by atoms with Crippen molar-refractivity contribution >= 4 is 39.3 Å². The number of rotatable bonds is 4. The van der Waals surface area contributed by atoms with Crippen LogP contribution in [0.25, 0.3) is 10.2 Å². The van der Waals surface area contributed by atoms with Crippen molar-refractivity contribution in [1.29, 1.82) is 0 Å². The van der Waals surface area contributed by atoms with Gasteiger partial charge in [0.15, 0.2) is 0 Å². The largest absolute Gasteiger partial charge is 0.333 e. The van der Waals surface area contributed by atoms with E-state index >= 15 is 0 Å². The monoisotopic (exact) mass is 419 g/mol. The molecule has 1 saturated heterocycles. The molecule has 7 heteroatoms. The van der Waals surface area contributed by atoms with Crippen molar-refractivity contribution in [3.05, 3.63) is 64.7 Å². The number of carbonyl (C=O) groups excluding carboxylic acids is 3. The lowest BCUT2D eigenvalue weighted by molar-refractivity contribution is -0.135. The molecule has 1 atom stereocenters. The zero-order chi connectivity index (χ0) is 20.7. The molecule has 0 saturated carbocycles. The first-order valence-electron chi connectivity index (χ1n) is 10.2. The quantitative estimate of drug-likeness (QED) is 0.599. The topological polar surface area (TPSA) is 70.6 Å². The van der Waals surface area contributed by atoms with Gasteiger partial charge in [0, 0.05) is 19.5 Å². The average molecular weight is 420 g/mol. The van der Waals surface area contributed by atoms with Gasteiger partial charge in [0.2, 0.25) is 5.91 Å². The maximum Gasteiger partial charge on any atom is 0.261 e. The van der Waals surface area contributed by atoms with Crippen molar-refractivity contribution in [3.63, 3.8) is 0 Å². The number of hydrogen-bond acceptors (Lipinski definition) is 5. The van der Waals surface area contributed by atoms with Crippen molar-refractivity contribution in [2.75, 3.05) is 13.1 Å². The molecule has 0 spiro atoms. The minimum absolute atomic E-state index is 0.0319. The molecular formula is C23H21N3O3S. The predicted molar refractivity (Wildman–Crippen MR) is 114 cm³/mol. The van der Waals surface area contributed by atoms with Crippen LogP contribution in [-0.4, -0.2) is 45.6 Å². The van der Waals surface area contributed by atoms with Crippen LogP contribution in [0.4, 0.5) is 0 Å². The van der Waals surface area contributed by atoms with E-state index in [1.54, 1.807) is 35.6 Å². The van der Waals surface area contributed by atoms with E-state index in [9.17, 15) is 14.4 Å². The van der Waals surface area contributed by atoms with Crippen LogP contribution in [0.1, 0.15) is 57.4 Å². The minimum atomic E-state index is -0.315. The van der Waals surface area contributed by atoms with Gasteiger partial charge in [0.05, 0.1) is 27.4 Å². The first kappa shape index (κ1) is 18.9. The number of para-hydroxylation sites is 1. The van der Waals surface area contributed by atoms with Gasteiger partial charge in [0.25, 0.3) is 11.8 Å². The highest BCUT2D eigenvalue weighted by Crippen LogP contribution is 2.36. The number of hydrogen-bond donors (Lipinski definition) is 0. The summed E-state index contributed by atoms with van der Waals surface area (Å²) in [4.78, 5) is 46.0. The lowest BCUT2D eigenvalue weighted by Crippen LogP contribution is -2.41. The summed E-state index contributed by atoms with van der Waals surface area (Å²) in [5.74, 6) is -0.662. The molecule has 6 nitrogen and oxygen atoms in total. The van der Waals surface area contributed by atoms with Crippen LogP contribution >= 0.6 is 11.3 Å². The zero-order valence-corrected chi connectivity index (χ0v) is 17.2. The van der Waals surface area contributed by atoms with Gasteiger partial charge in [-0.1, -0.05) is 24.3 Å². The first-order valence-corrected chi connectivity index (χ1v) is 11.1. The molecule has 1 fully saturated rings. The molecule has 1 aromatic heterocycles. The van der Waals surface area contributed by atoms with Gasteiger partial charge in [-0.2, -0.15) is 0 Å². The highest BCUT2D eigenvalue weighted by atomic mass is 32.1. The van der Waals surface area contributed by atoms with E-state index in [4.69, 9.17) is 4.98 Å². The number of benzene rings is 2. The van der Waals surface area contributed by atoms with Crippen LogP contribution in [0.5, 0.6) is 0 Å². The SMILES string of the molecule is O=C1c2ccccc2C(=O)N1CCC(=O)N1CCCCC1c1nc2ccccc2s1. The third kappa shape index (κ3) is 3.19. The normalized spacial score (nSPS) is 18.9. The lowest BCUT2D eigenvalue weighted by atomic mass is 10.0. The Morgan fingerprint density at radius 1 is 1.00 bits per heavy atom. The van der Waals surface area contributed by atoms with Gasteiger partial charge in [-0.3, -0.25) is 19.3 Å². The molecule has 3 heterocycles. The molecule has 152 valence electrons. The van der Waals surface area contributed by atoms with E-state index in [-0.39, 0.29) is 36.7 Å². The third-order valence-corrected chi connectivity index (χ3v) is 6.98. The van der Waals surface area contributed by atoms with E-state index in [0.29, 0.717) is 17.7 Å². The van der Waals surface area contributed by atoms with Gasteiger partial charge in [-0.05, 0) is 43.5 Å². The van der Waals surface area contributed by atoms with E-state index in [0.717, 1.165) is 34.5 Å². The van der Waals surface area contributed by atoms with Gasteiger partial charge in [-0.15, -0.1) is 11.3 Å². The number of aromatic nitrogens is 1. The number of carbonyl (C=O) groups is 3. The average Bonchev–Trinajstić information content (AvgIpc) is 3.32. The summed E-state index contributed by atoms with van der Waals surface area (Å²) < 4.78 is 1.12. The van der Waals surface area contributed by atoms with Gasteiger partial charge < -0.3 is 4.90 Å². The standard InChI is InChI=1S/C23H21N3O3S/c27-20(12-14-26-22(28)15-7-1-2-8-16(15)23(26)29)25-13-6-5-10-18(25)21-24-17-9-3-4-11-19(17)30-21/h1-4,7-9,11,18H,5-6,10,12-14H2. The Kier molecular flexibility index (Phi) is 4.83. The summed E-state index contributed by atoms with van der Waals surface area (Å²) in [5.41, 5.74) is 1.79. The lowest BCUT2D eigenvalue weighted by Gasteiger charge is -2.35. The first-order chi connectivity index (χ1) is 14.6. The number of imide groups is 1. The molecule has 3 amide bonds. The van der Waals surface area contributed by atoms with Crippen LogP contribution in [-0.2, 0) is 4.79 Å². The van der Waals surface area contributed by atoms with Gasteiger partial charge >= 0.3 is 0 Å². The van der Waals surface area contributed by atoms with Crippen molar-refractivity contribution in [2.45, 2.75) is 31.7 Å². The Morgan fingerprint density at radius 3 is 2.43 bits per heavy atom. The van der Waals surface area contributed by atoms with Crippen LogP contribution in [0.3, 0.4) is 0 Å². The van der Waals surface area contributed by atoms with Crippen molar-refractivity contribution < 1.29 is 14.4 Å². The van der Waals surface area contributed by atoms with Crippen LogP contribution < -0.4 is 0 Å². The molecule has 2 aromatic carbocycles. The third-order valence-electron chi connectivity index (χ3n) is 5.85. The number of thiazole rings is 1. The molecule has 3 aromatic rings. The second-order valence-electron chi connectivity index (χ2n) is 7.68. The predicted octanol–water partition coefficient (Wildman–Crippen LogP) is 4.04. The molecular weight excluding hydrogens is 398 g/mol. The molecule has 1 unspecified atom stereocenters. The second kappa shape index (κ2) is 7.65. The van der Waals surface area contributed by atoms with Crippen LogP contribution in [0.15, 0.2) is 48.5 Å². The Labute approximate surface area is 178 Å². The fraction of sp³-hybridized carbons (Fsp3) is 0.304. The highest BCUT2D eigenvalue weighted by molar-refractivity contribution is 7.18. The summed E-state index contributed by atoms with van der Waals surface area (Å²) in [6.45, 7) is 0.787.